The van der Waals surface area contributed by atoms with Crippen molar-refractivity contribution in [1.82, 2.24) is 15.2 Å². The number of fused-ring (bicyclic) bond motifs is 1. The molecule has 1 aromatic carbocycles. The summed E-state index contributed by atoms with van der Waals surface area (Å²) in [6, 6.07) is 5.68. The van der Waals surface area contributed by atoms with Crippen molar-refractivity contribution >= 4 is 51.0 Å². The van der Waals surface area contributed by atoms with E-state index in [0.29, 0.717) is 16.1 Å². The van der Waals surface area contributed by atoms with E-state index in [2.05, 4.69) is 25.7 Å². The molecule has 0 saturated carbocycles. The Morgan fingerprint density at radius 3 is 3.16 bits per heavy atom. The van der Waals surface area contributed by atoms with Gasteiger partial charge in [0, 0.05) is 10.8 Å². The van der Waals surface area contributed by atoms with Crippen LogP contribution in [-0.4, -0.2) is 21.4 Å². The molecule has 19 heavy (non-hydrogen) atoms. The number of rotatable bonds is 3. The molecule has 0 aliphatic rings. The summed E-state index contributed by atoms with van der Waals surface area (Å²) in [7, 11) is 0. The second-order valence-corrected chi connectivity index (χ2v) is 5.00. The first-order valence-electron chi connectivity index (χ1n) is 5.36. The Morgan fingerprint density at radius 2 is 2.37 bits per heavy atom. The van der Waals surface area contributed by atoms with Crippen LogP contribution >= 0.6 is 22.9 Å². The third kappa shape index (κ3) is 2.51. The predicted molar refractivity (Wildman–Crippen MR) is 78.8 cm³/mol. The first-order chi connectivity index (χ1) is 9.22. The summed E-state index contributed by atoms with van der Waals surface area (Å²) in [5, 5.41) is 14.6. The van der Waals surface area contributed by atoms with Crippen LogP contribution in [0.5, 0.6) is 0 Å². The van der Waals surface area contributed by atoms with E-state index < -0.39 is 0 Å². The van der Waals surface area contributed by atoms with Gasteiger partial charge in [-0.3, -0.25) is 10.5 Å². The monoisotopic (exact) mass is 292 g/mol. The molecule has 0 fully saturated rings. The number of hydrogen-bond donors (Lipinski definition) is 3. The van der Waals surface area contributed by atoms with Gasteiger partial charge >= 0.3 is 0 Å². The maximum atomic E-state index is 5.98. The number of aromatic nitrogens is 3. The van der Waals surface area contributed by atoms with Crippen LogP contribution in [0.4, 0.5) is 10.9 Å². The molecular weight excluding hydrogens is 284 g/mol. The Bertz CT molecular complexity index is 747. The molecule has 0 radical (unpaired) electrons. The van der Waals surface area contributed by atoms with Crippen molar-refractivity contribution < 1.29 is 0 Å². The Kier molecular flexibility index (Phi) is 3.06. The van der Waals surface area contributed by atoms with E-state index in [-0.39, 0.29) is 0 Å². The molecule has 0 aliphatic heterocycles. The molecule has 3 rings (SSSR count). The predicted octanol–water partition coefficient (Wildman–Crippen LogP) is 2.70. The highest BCUT2D eigenvalue weighted by Crippen LogP contribution is 2.21. The fourth-order valence-corrected chi connectivity index (χ4v) is 2.32. The van der Waals surface area contributed by atoms with Crippen LogP contribution in [0.15, 0.2) is 28.7 Å². The highest BCUT2D eigenvalue weighted by molar-refractivity contribution is 7.14. The molecule has 0 unspecified atom stereocenters. The SMILES string of the molecule is Nc1csc(NN=Cc2ccc3n[nH]c(Cl)c3c2)n1. The lowest BCUT2D eigenvalue weighted by Gasteiger charge is -1.95. The van der Waals surface area contributed by atoms with Crippen LogP contribution in [-0.2, 0) is 0 Å². The van der Waals surface area contributed by atoms with Crippen molar-refractivity contribution in [2.75, 3.05) is 11.2 Å². The number of hydrazone groups is 1. The van der Waals surface area contributed by atoms with Crippen molar-refractivity contribution in [3.05, 3.63) is 34.3 Å². The van der Waals surface area contributed by atoms with Crippen molar-refractivity contribution in [2.24, 2.45) is 5.10 Å². The number of nitrogens with two attached hydrogens (primary N) is 1. The van der Waals surface area contributed by atoms with Crippen LogP contribution in [0, 0.1) is 0 Å². The highest BCUT2D eigenvalue weighted by Gasteiger charge is 2.02. The molecule has 2 heterocycles. The zero-order chi connectivity index (χ0) is 13.2. The summed E-state index contributed by atoms with van der Waals surface area (Å²) >= 11 is 7.37. The smallest absolute Gasteiger partial charge is 0.205 e. The highest BCUT2D eigenvalue weighted by atomic mass is 35.5. The molecule has 0 saturated heterocycles. The first kappa shape index (κ1) is 11.9. The number of nitrogen functional groups attached to an aromatic ring is 1. The maximum Gasteiger partial charge on any atom is 0.205 e. The van der Waals surface area contributed by atoms with E-state index in [1.54, 1.807) is 11.6 Å². The Labute approximate surface area is 117 Å². The Hall–Kier alpha value is -2.12. The topological polar surface area (TPSA) is 92.0 Å². The molecule has 3 aromatic rings. The van der Waals surface area contributed by atoms with E-state index in [9.17, 15) is 0 Å². The van der Waals surface area contributed by atoms with Crippen molar-refractivity contribution in [2.45, 2.75) is 0 Å². The Morgan fingerprint density at radius 1 is 1.47 bits per heavy atom. The van der Waals surface area contributed by atoms with Gasteiger partial charge in [-0.1, -0.05) is 17.7 Å². The lowest BCUT2D eigenvalue weighted by atomic mass is 10.2. The van der Waals surface area contributed by atoms with Crippen LogP contribution in [0.3, 0.4) is 0 Å². The molecule has 0 amide bonds. The zero-order valence-electron chi connectivity index (χ0n) is 9.59. The van der Waals surface area contributed by atoms with Gasteiger partial charge in [-0.05, 0) is 17.7 Å². The molecule has 0 aliphatic carbocycles. The van der Waals surface area contributed by atoms with Gasteiger partial charge in [0.25, 0.3) is 0 Å². The van der Waals surface area contributed by atoms with Crippen LogP contribution in [0.1, 0.15) is 5.56 Å². The van der Waals surface area contributed by atoms with Gasteiger partial charge in [-0.15, -0.1) is 11.3 Å². The van der Waals surface area contributed by atoms with Gasteiger partial charge in [0.2, 0.25) is 5.13 Å². The van der Waals surface area contributed by atoms with Gasteiger partial charge in [0.1, 0.15) is 11.0 Å². The second kappa shape index (κ2) is 4.87. The summed E-state index contributed by atoms with van der Waals surface area (Å²) < 4.78 is 0. The number of aromatic amines is 1. The molecule has 6 nitrogen and oxygen atoms in total. The molecule has 0 spiro atoms. The van der Waals surface area contributed by atoms with E-state index >= 15 is 0 Å². The standard InChI is InChI=1S/C11H9ClN6S/c12-10-7-3-6(1-2-8(7)16-17-10)4-14-18-11-15-9(13)5-19-11/h1-5H,13H2,(H,15,18)(H,16,17). The average Bonchev–Trinajstić information content (AvgIpc) is 2.97. The molecule has 96 valence electrons. The minimum Gasteiger partial charge on any atom is -0.383 e. The van der Waals surface area contributed by atoms with Crippen LogP contribution in [0.25, 0.3) is 10.9 Å². The van der Waals surface area contributed by atoms with E-state index in [4.69, 9.17) is 17.3 Å². The van der Waals surface area contributed by atoms with Gasteiger partial charge in [-0.25, -0.2) is 4.98 Å². The number of thiazole rings is 1. The van der Waals surface area contributed by atoms with Gasteiger partial charge in [0.05, 0.1) is 11.7 Å². The molecule has 0 bridgehead atoms. The summed E-state index contributed by atoms with van der Waals surface area (Å²) in [5.74, 6) is 0.481. The summed E-state index contributed by atoms with van der Waals surface area (Å²) in [6.07, 6.45) is 1.68. The number of H-pyrrole nitrogens is 1. The quantitative estimate of drug-likeness (QED) is 0.511. The van der Waals surface area contributed by atoms with Crippen LogP contribution < -0.4 is 11.2 Å². The largest absolute Gasteiger partial charge is 0.383 e. The molecule has 8 heteroatoms. The van der Waals surface area contributed by atoms with Gasteiger partial charge in [-0.2, -0.15) is 10.2 Å². The van der Waals surface area contributed by atoms with E-state index in [1.165, 1.54) is 11.3 Å². The second-order valence-electron chi connectivity index (χ2n) is 3.76. The average molecular weight is 293 g/mol. The number of benzene rings is 1. The van der Waals surface area contributed by atoms with Gasteiger partial charge in [0.15, 0.2) is 0 Å². The third-order valence-corrected chi connectivity index (χ3v) is 3.48. The fraction of sp³-hybridized carbons (Fsp3) is 0. The number of hydrogen-bond acceptors (Lipinski definition) is 6. The van der Waals surface area contributed by atoms with E-state index in [1.807, 2.05) is 18.2 Å². The molecule has 2 aromatic heterocycles. The van der Waals surface area contributed by atoms with Crippen molar-refractivity contribution in [3.63, 3.8) is 0 Å². The third-order valence-electron chi connectivity index (χ3n) is 2.43. The maximum absolute atomic E-state index is 5.98. The number of anilines is 2. The minimum absolute atomic E-state index is 0.481. The lowest BCUT2D eigenvalue weighted by Crippen LogP contribution is -1.91. The number of halogens is 1. The molecule has 4 N–H and O–H groups in total. The molecule has 0 atom stereocenters. The van der Waals surface area contributed by atoms with Crippen molar-refractivity contribution in [3.8, 4) is 0 Å². The van der Waals surface area contributed by atoms with Gasteiger partial charge < -0.3 is 5.73 Å². The lowest BCUT2D eigenvalue weighted by molar-refractivity contribution is 1.12. The van der Waals surface area contributed by atoms with Crippen LogP contribution in [0.2, 0.25) is 5.15 Å². The fourth-order valence-electron chi connectivity index (χ4n) is 1.58. The number of nitrogens with one attached hydrogen (secondary N) is 2. The summed E-state index contributed by atoms with van der Waals surface area (Å²) in [5.41, 5.74) is 10.1. The Balaban J connectivity index is 1.78. The van der Waals surface area contributed by atoms with E-state index in [0.717, 1.165) is 16.5 Å². The van der Waals surface area contributed by atoms with Crippen molar-refractivity contribution in [1.29, 1.82) is 0 Å². The minimum atomic E-state index is 0.481. The normalized spacial score (nSPS) is 11.4. The number of nitrogens with zero attached hydrogens (tertiary/aromatic N) is 3. The molecular formula is C11H9ClN6S. The first-order valence-corrected chi connectivity index (χ1v) is 6.62. The zero-order valence-corrected chi connectivity index (χ0v) is 11.2. The summed E-state index contributed by atoms with van der Waals surface area (Å²) in [4.78, 5) is 4.03. The summed E-state index contributed by atoms with van der Waals surface area (Å²) in [6.45, 7) is 0.